The summed E-state index contributed by atoms with van der Waals surface area (Å²) in [6, 6.07) is 0. The maximum absolute atomic E-state index is 11.8. The molecule has 0 aliphatic carbocycles. The second kappa shape index (κ2) is 7.34. The molecule has 0 rings (SSSR count). The maximum Gasteiger partial charge on any atom is 0.333 e. The maximum atomic E-state index is 11.8. The molecule has 0 aromatic carbocycles. The van der Waals surface area contributed by atoms with Crippen molar-refractivity contribution in [3.05, 3.63) is 12.2 Å². The fourth-order valence-electron chi connectivity index (χ4n) is 0.943. The first-order valence-corrected chi connectivity index (χ1v) is 7.69. The van der Waals surface area contributed by atoms with E-state index in [1.165, 1.54) is 13.6 Å². The lowest BCUT2D eigenvalue weighted by molar-refractivity contribution is -0.144. The lowest BCUT2D eigenvalue weighted by Gasteiger charge is -2.17. The van der Waals surface area contributed by atoms with Crippen LogP contribution >= 0.6 is 7.37 Å². The predicted octanol–water partition coefficient (Wildman–Crippen LogP) is 1.89. The zero-order valence-electron chi connectivity index (χ0n) is 10.8. The molecular formula is C11H19O6P. The Morgan fingerprint density at radius 2 is 2.00 bits per heavy atom. The van der Waals surface area contributed by atoms with Crippen LogP contribution in [0.15, 0.2) is 12.2 Å². The molecule has 2 unspecified atom stereocenters. The fraction of sp³-hybridized carbons (Fsp3) is 0.636. The van der Waals surface area contributed by atoms with E-state index in [0.29, 0.717) is 0 Å². The smallest absolute Gasteiger partial charge is 0.333 e. The number of esters is 1. The molecule has 0 aromatic rings. The Balaban J connectivity index is 4.07. The molecule has 0 spiro atoms. The lowest BCUT2D eigenvalue weighted by Crippen LogP contribution is -2.20. The van der Waals surface area contributed by atoms with Gasteiger partial charge in [0.05, 0.1) is 13.0 Å². The number of carbonyl (C=O) groups excluding carboxylic acids is 1. The van der Waals surface area contributed by atoms with Crippen molar-refractivity contribution in [3.8, 4) is 0 Å². The summed E-state index contributed by atoms with van der Waals surface area (Å²) in [5, 5.41) is 8.48. The Morgan fingerprint density at radius 1 is 1.44 bits per heavy atom. The van der Waals surface area contributed by atoms with E-state index in [9.17, 15) is 14.2 Å². The molecule has 2 atom stereocenters. The summed E-state index contributed by atoms with van der Waals surface area (Å²) >= 11 is 0. The van der Waals surface area contributed by atoms with Crippen molar-refractivity contribution in [1.29, 1.82) is 0 Å². The van der Waals surface area contributed by atoms with Crippen LogP contribution in [0.3, 0.4) is 0 Å². The highest BCUT2D eigenvalue weighted by atomic mass is 31.2. The van der Waals surface area contributed by atoms with Crippen LogP contribution < -0.4 is 0 Å². The Kier molecular flexibility index (Phi) is 6.88. The third-order valence-corrected chi connectivity index (χ3v) is 3.70. The number of ether oxygens (including phenoxy) is 1. The first-order chi connectivity index (χ1) is 8.14. The van der Waals surface area contributed by atoms with Gasteiger partial charge in [-0.1, -0.05) is 6.58 Å². The number of carbonyl (C=O) groups is 2. The minimum atomic E-state index is -2.96. The third-order valence-electron chi connectivity index (χ3n) is 1.97. The molecular weight excluding hydrogens is 259 g/mol. The topological polar surface area (TPSA) is 89.9 Å². The summed E-state index contributed by atoms with van der Waals surface area (Å²) in [5.41, 5.74) is 0.271. The van der Waals surface area contributed by atoms with Crippen molar-refractivity contribution in [3.63, 3.8) is 0 Å². The van der Waals surface area contributed by atoms with E-state index in [0.717, 1.165) is 0 Å². The molecule has 0 saturated carbocycles. The van der Waals surface area contributed by atoms with Crippen molar-refractivity contribution in [2.24, 2.45) is 0 Å². The molecule has 0 fully saturated rings. The molecule has 7 heteroatoms. The molecule has 6 nitrogen and oxygen atoms in total. The van der Waals surface area contributed by atoms with Gasteiger partial charge in [0, 0.05) is 18.4 Å². The largest absolute Gasteiger partial charge is 0.481 e. The van der Waals surface area contributed by atoms with E-state index in [-0.39, 0.29) is 24.8 Å². The average molecular weight is 278 g/mol. The van der Waals surface area contributed by atoms with Crippen molar-refractivity contribution >= 4 is 19.3 Å². The second-order valence-electron chi connectivity index (χ2n) is 4.17. The highest BCUT2D eigenvalue weighted by Gasteiger charge is 2.20. The Morgan fingerprint density at radius 3 is 2.44 bits per heavy atom. The summed E-state index contributed by atoms with van der Waals surface area (Å²) in [6.07, 6.45) is -0.815. The number of carboxylic acid groups (broad SMARTS) is 1. The zero-order chi connectivity index (χ0) is 14.3. The number of carboxylic acids is 1. The van der Waals surface area contributed by atoms with E-state index < -0.39 is 25.4 Å². The molecule has 0 saturated heterocycles. The van der Waals surface area contributed by atoms with Crippen molar-refractivity contribution in [2.75, 3.05) is 19.4 Å². The van der Waals surface area contributed by atoms with E-state index in [1.807, 2.05) is 0 Å². The van der Waals surface area contributed by atoms with Gasteiger partial charge in [0.2, 0.25) is 7.37 Å². The average Bonchev–Trinajstić information content (AvgIpc) is 2.24. The highest BCUT2D eigenvalue weighted by molar-refractivity contribution is 7.58. The number of hydrogen-bond donors (Lipinski definition) is 1. The minimum Gasteiger partial charge on any atom is -0.481 e. The summed E-state index contributed by atoms with van der Waals surface area (Å²) in [4.78, 5) is 21.5. The molecule has 0 bridgehead atoms. The lowest BCUT2D eigenvalue weighted by atomic mass is 10.3. The monoisotopic (exact) mass is 278 g/mol. The van der Waals surface area contributed by atoms with Gasteiger partial charge in [-0.15, -0.1) is 0 Å². The van der Waals surface area contributed by atoms with Crippen molar-refractivity contribution in [2.45, 2.75) is 26.4 Å². The first kappa shape index (κ1) is 16.9. The number of hydrogen-bond acceptors (Lipinski definition) is 5. The van der Waals surface area contributed by atoms with Gasteiger partial charge in [0.1, 0.15) is 6.10 Å². The third kappa shape index (κ3) is 8.03. The van der Waals surface area contributed by atoms with E-state index in [4.69, 9.17) is 14.4 Å². The standard InChI is InChI=1S/C11H19O6P/c1-8(2)11(14)17-9(3)7-16-18(4,15)6-5-10(12)13/h9H,1,5-7H2,2-4H3,(H,12,13). The zero-order valence-corrected chi connectivity index (χ0v) is 11.7. The number of rotatable bonds is 8. The minimum absolute atomic E-state index is 0.0353. The second-order valence-corrected chi connectivity index (χ2v) is 6.91. The molecule has 1 N–H and O–H groups in total. The predicted molar refractivity (Wildman–Crippen MR) is 67.0 cm³/mol. The molecule has 0 heterocycles. The molecule has 0 aliphatic rings. The van der Waals surface area contributed by atoms with Gasteiger partial charge in [-0.05, 0) is 13.8 Å². The van der Waals surface area contributed by atoms with Gasteiger partial charge >= 0.3 is 11.9 Å². The van der Waals surface area contributed by atoms with Crippen LogP contribution in [0.5, 0.6) is 0 Å². The molecule has 0 aliphatic heterocycles. The van der Waals surface area contributed by atoms with Crippen LogP contribution in [0, 0.1) is 0 Å². The Labute approximate surface area is 106 Å². The molecule has 0 amide bonds. The molecule has 104 valence electrons. The van der Waals surface area contributed by atoms with Gasteiger partial charge in [-0.2, -0.15) is 0 Å². The van der Waals surface area contributed by atoms with Crippen LogP contribution in [0.25, 0.3) is 0 Å². The van der Waals surface area contributed by atoms with Crippen LogP contribution in [0.1, 0.15) is 20.3 Å². The molecule has 0 aromatic heterocycles. The number of aliphatic carboxylic acids is 1. The normalized spacial score (nSPS) is 15.5. The van der Waals surface area contributed by atoms with E-state index >= 15 is 0 Å². The summed E-state index contributed by atoms with van der Waals surface area (Å²) in [5.74, 6) is -1.56. The van der Waals surface area contributed by atoms with E-state index in [1.54, 1.807) is 6.92 Å². The summed E-state index contributed by atoms with van der Waals surface area (Å²) < 4.78 is 21.8. The van der Waals surface area contributed by atoms with E-state index in [2.05, 4.69) is 6.58 Å². The van der Waals surface area contributed by atoms with Crippen molar-refractivity contribution < 1.29 is 28.5 Å². The van der Waals surface area contributed by atoms with Gasteiger partial charge in [0.15, 0.2) is 0 Å². The van der Waals surface area contributed by atoms with Crippen LogP contribution in [0.2, 0.25) is 0 Å². The Hall–Kier alpha value is -1.13. The summed E-state index contributed by atoms with van der Waals surface area (Å²) in [6.45, 7) is 7.88. The SMILES string of the molecule is C=C(C)C(=O)OC(C)COP(C)(=O)CCC(=O)O. The van der Waals surface area contributed by atoms with Crippen LogP contribution in [-0.2, 0) is 23.4 Å². The molecule has 18 heavy (non-hydrogen) atoms. The highest BCUT2D eigenvalue weighted by Crippen LogP contribution is 2.43. The first-order valence-electron chi connectivity index (χ1n) is 5.43. The van der Waals surface area contributed by atoms with Gasteiger partial charge in [-0.25, -0.2) is 4.79 Å². The van der Waals surface area contributed by atoms with Crippen LogP contribution in [-0.4, -0.2) is 42.6 Å². The van der Waals surface area contributed by atoms with Crippen molar-refractivity contribution in [1.82, 2.24) is 0 Å². The quantitative estimate of drug-likeness (QED) is 0.414. The van der Waals surface area contributed by atoms with Gasteiger partial charge in [0.25, 0.3) is 0 Å². The fourth-order valence-corrected chi connectivity index (χ4v) is 2.20. The van der Waals surface area contributed by atoms with Gasteiger partial charge < -0.3 is 14.4 Å². The van der Waals surface area contributed by atoms with Crippen LogP contribution in [0.4, 0.5) is 0 Å². The van der Waals surface area contributed by atoms with Gasteiger partial charge in [-0.3, -0.25) is 9.36 Å². The Bertz CT molecular complexity index is 376. The molecule has 0 radical (unpaired) electrons. The summed E-state index contributed by atoms with van der Waals surface area (Å²) in [7, 11) is -2.96.